The lowest BCUT2D eigenvalue weighted by Crippen LogP contribution is -2.52. The quantitative estimate of drug-likeness (QED) is 0.313. The average Bonchev–Trinajstić information content (AvgIpc) is 3.02. The van der Waals surface area contributed by atoms with Crippen LogP contribution in [0.15, 0.2) is 30.3 Å². The minimum atomic E-state index is -0.683. The van der Waals surface area contributed by atoms with Crippen LogP contribution in [0.1, 0.15) is 49.5 Å². The van der Waals surface area contributed by atoms with E-state index in [4.69, 9.17) is 4.74 Å². The predicted molar refractivity (Wildman–Crippen MR) is 135 cm³/mol. The largest absolute Gasteiger partial charge is 0.444 e. The van der Waals surface area contributed by atoms with Crippen molar-refractivity contribution in [2.24, 2.45) is 5.92 Å². The van der Waals surface area contributed by atoms with E-state index in [2.05, 4.69) is 0 Å². The molecule has 3 aliphatic heterocycles. The molecule has 4 amide bonds. The molecule has 5 rings (SSSR count). The predicted octanol–water partition coefficient (Wildman–Crippen LogP) is 4.08. The van der Waals surface area contributed by atoms with Crippen LogP contribution in [-0.2, 0) is 20.7 Å². The van der Waals surface area contributed by atoms with E-state index < -0.39 is 11.6 Å². The van der Waals surface area contributed by atoms with E-state index in [0.29, 0.717) is 31.0 Å². The van der Waals surface area contributed by atoms with Crippen LogP contribution in [0.5, 0.6) is 0 Å². The number of amides is 4. The van der Waals surface area contributed by atoms with Gasteiger partial charge in [-0.3, -0.25) is 19.3 Å². The van der Waals surface area contributed by atoms with Gasteiger partial charge in [-0.15, -0.1) is 0 Å². The number of ether oxygens (including phenoxy) is 1. The summed E-state index contributed by atoms with van der Waals surface area (Å²) in [4.78, 5) is 53.6. The number of halogens is 1. The van der Waals surface area contributed by atoms with Gasteiger partial charge in [0.05, 0.1) is 28.6 Å². The van der Waals surface area contributed by atoms with Crippen molar-refractivity contribution >= 4 is 63.1 Å². The molecule has 0 spiro atoms. The molecule has 0 aliphatic carbocycles. The number of hydrogen-bond donors (Lipinski definition) is 0. The van der Waals surface area contributed by atoms with E-state index in [9.17, 15) is 19.2 Å². The van der Waals surface area contributed by atoms with Gasteiger partial charge in [-0.1, -0.05) is 18.2 Å². The molecular weight excluding hydrogens is 549 g/mol. The van der Waals surface area contributed by atoms with Crippen LogP contribution < -0.4 is 4.90 Å². The molecule has 2 aromatic rings. The molecule has 2 aromatic carbocycles. The van der Waals surface area contributed by atoms with Crippen molar-refractivity contribution in [2.75, 3.05) is 18.0 Å². The average molecular weight is 575 g/mol. The monoisotopic (exact) mass is 575 g/mol. The number of rotatable bonds is 3. The van der Waals surface area contributed by atoms with Crippen molar-refractivity contribution in [3.8, 4) is 0 Å². The number of benzene rings is 2. The van der Waals surface area contributed by atoms with Crippen LogP contribution in [0, 0.1) is 5.92 Å². The Balaban J connectivity index is 1.38. The normalized spacial score (nSPS) is 20.9. The number of imide groups is 1. The van der Waals surface area contributed by atoms with Crippen molar-refractivity contribution in [3.05, 3.63) is 41.5 Å². The zero-order valence-electron chi connectivity index (χ0n) is 19.3. The first-order valence-electron chi connectivity index (χ1n) is 11.4. The number of anilines is 1. The smallest absolute Gasteiger partial charge is 0.410 e. The number of likely N-dealkylation sites (tertiary alicyclic amines) is 1. The SMILES string of the molecule is CC(C)(C)OC(=O)N1CC(Cc2ccc3c4c(cccc24)N(C2CCC(=O)N(I)C2=O)C3=O)C1. The molecule has 178 valence electrons. The van der Waals surface area contributed by atoms with Crippen LogP contribution in [0.3, 0.4) is 0 Å². The third-order valence-corrected chi connectivity index (χ3v) is 7.59. The van der Waals surface area contributed by atoms with Gasteiger partial charge in [0.1, 0.15) is 11.6 Å². The second kappa shape index (κ2) is 8.21. The van der Waals surface area contributed by atoms with Gasteiger partial charge < -0.3 is 9.64 Å². The summed E-state index contributed by atoms with van der Waals surface area (Å²) in [6.07, 6.45) is 1.05. The summed E-state index contributed by atoms with van der Waals surface area (Å²) in [5.41, 5.74) is 1.91. The molecule has 0 aromatic heterocycles. The molecule has 1 unspecified atom stereocenters. The summed E-state index contributed by atoms with van der Waals surface area (Å²) in [7, 11) is 0. The van der Waals surface area contributed by atoms with Gasteiger partial charge in [0.25, 0.3) is 11.8 Å². The molecule has 8 nitrogen and oxygen atoms in total. The molecule has 0 bridgehead atoms. The summed E-state index contributed by atoms with van der Waals surface area (Å²) in [5, 5.41) is 1.85. The molecule has 3 heterocycles. The lowest BCUT2D eigenvalue weighted by molar-refractivity contribution is -0.140. The summed E-state index contributed by atoms with van der Waals surface area (Å²) in [6, 6.07) is 8.93. The number of carbonyl (C=O) groups is 4. The van der Waals surface area contributed by atoms with Crippen LogP contribution in [0.2, 0.25) is 0 Å². The maximum Gasteiger partial charge on any atom is 0.410 e. The molecule has 3 aliphatic rings. The molecular formula is C25H26IN3O5. The molecule has 2 saturated heterocycles. The Labute approximate surface area is 211 Å². The molecule has 0 N–H and O–H groups in total. The third-order valence-electron chi connectivity index (χ3n) is 6.58. The van der Waals surface area contributed by atoms with E-state index in [1.54, 1.807) is 32.7 Å². The highest BCUT2D eigenvalue weighted by atomic mass is 127. The van der Waals surface area contributed by atoms with Gasteiger partial charge >= 0.3 is 6.09 Å². The van der Waals surface area contributed by atoms with E-state index in [-0.39, 0.29) is 30.2 Å². The Morgan fingerprint density at radius 2 is 1.85 bits per heavy atom. The van der Waals surface area contributed by atoms with Gasteiger partial charge in [0, 0.05) is 30.5 Å². The maximum atomic E-state index is 13.4. The Morgan fingerprint density at radius 1 is 1.12 bits per heavy atom. The van der Waals surface area contributed by atoms with Crippen LogP contribution in [0.25, 0.3) is 10.8 Å². The van der Waals surface area contributed by atoms with Gasteiger partial charge in [-0.05, 0) is 62.6 Å². The topological polar surface area (TPSA) is 87.2 Å². The minimum Gasteiger partial charge on any atom is -0.444 e. The fourth-order valence-electron chi connectivity index (χ4n) is 5.01. The van der Waals surface area contributed by atoms with Crippen LogP contribution in [-0.4, -0.2) is 56.6 Å². The highest BCUT2D eigenvalue weighted by Crippen LogP contribution is 2.42. The molecule has 1 atom stereocenters. The third kappa shape index (κ3) is 3.83. The van der Waals surface area contributed by atoms with Gasteiger partial charge in [0.2, 0.25) is 5.91 Å². The van der Waals surface area contributed by atoms with Crippen molar-refractivity contribution < 1.29 is 23.9 Å². The number of nitrogens with zero attached hydrogens (tertiary/aromatic N) is 3. The van der Waals surface area contributed by atoms with E-state index in [1.165, 1.54) is 0 Å². The van der Waals surface area contributed by atoms with Crippen LogP contribution in [0.4, 0.5) is 10.5 Å². The van der Waals surface area contributed by atoms with Crippen molar-refractivity contribution in [2.45, 2.75) is 51.7 Å². The number of piperidine rings is 1. The summed E-state index contributed by atoms with van der Waals surface area (Å²) in [5.74, 6) is -0.467. The summed E-state index contributed by atoms with van der Waals surface area (Å²) in [6.45, 7) is 6.85. The van der Waals surface area contributed by atoms with E-state index in [0.717, 1.165) is 31.6 Å². The first kappa shape index (κ1) is 23.1. The maximum absolute atomic E-state index is 13.4. The van der Waals surface area contributed by atoms with Crippen molar-refractivity contribution in [1.82, 2.24) is 8.01 Å². The molecule has 2 fully saturated rings. The Bertz CT molecular complexity index is 1230. The van der Waals surface area contributed by atoms with Gasteiger partial charge in [0.15, 0.2) is 0 Å². The van der Waals surface area contributed by atoms with Gasteiger partial charge in [-0.25, -0.2) is 7.91 Å². The van der Waals surface area contributed by atoms with E-state index >= 15 is 0 Å². The lowest BCUT2D eigenvalue weighted by Gasteiger charge is -2.40. The Kier molecular flexibility index (Phi) is 5.57. The second-order valence-electron chi connectivity index (χ2n) is 10.2. The lowest BCUT2D eigenvalue weighted by atomic mass is 9.89. The minimum absolute atomic E-state index is 0.199. The zero-order chi connectivity index (χ0) is 24.4. The highest BCUT2D eigenvalue weighted by molar-refractivity contribution is 14.1. The van der Waals surface area contributed by atoms with Crippen molar-refractivity contribution in [1.29, 1.82) is 0 Å². The summed E-state index contributed by atoms with van der Waals surface area (Å²) < 4.78 is 6.54. The number of carbonyl (C=O) groups excluding carboxylic acids is 4. The second-order valence-corrected chi connectivity index (χ2v) is 11.1. The standard InChI is InChI=1S/C25H26IN3O5/c1-25(2,3)34-24(33)27-12-14(13-27)11-15-7-8-17-21-16(15)5-4-6-18(21)28(22(17)31)19-9-10-20(30)29(26)23(19)32/h4-8,14,19H,9-13H2,1-3H3. The molecule has 9 heteroatoms. The van der Waals surface area contributed by atoms with Crippen molar-refractivity contribution in [3.63, 3.8) is 0 Å². The first-order valence-corrected chi connectivity index (χ1v) is 12.4. The van der Waals surface area contributed by atoms with E-state index in [1.807, 2.05) is 51.1 Å². The highest BCUT2D eigenvalue weighted by Gasteiger charge is 2.43. The summed E-state index contributed by atoms with van der Waals surface area (Å²) >= 11 is 1.73. The fraction of sp³-hybridized carbons (Fsp3) is 0.440. The molecule has 34 heavy (non-hydrogen) atoms. The number of hydrogen-bond acceptors (Lipinski definition) is 5. The van der Waals surface area contributed by atoms with Gasteiger partial charge in [-0.2, -0.15) is 0 Å². The first-order chi connectivity index (χ1) is 16.0. The van der Waals surface area contributed by atoms with Crippen LogP contribution >= 0.6 is 22.9 Å². The fourth-order valence-corrected chi connectivity index (χ4v) is 5.58. The zero-order valence-corrected chi connectivity index (χ0v) is 21.5. The Hall–Kier alpha value is -2.69. The molecule has 0 radical (unpaired) electrons. The molecule has 0 saturated carbocycles. The Morgan fingerprint density at radius 3 is 2.56 bits per heavy atom.